The Morgan fingerprint density at radius 2 is 1.78 bits per heavy atom. The van der Waals surface area contributed by atoms with Crippen molar-refractivity contribution in [2.75, 3.05) is 30.2 Å². The van der Waals surface area contributed by atoms with Crippen LogP contribution in [0.5, 0.6) is 0 Å². The number of para-hydroxylation sites is 1. The minimum atomic E-state index is -0.444. The average molecular weight is 476 g/mol. The fourth-order valence-corrected chi connectivity index (χ4v) is 7.66. The lowest BCUT2D eigenvalue weighted by atomic mass is 10.1. The highest BCUT2D eigenvalue weighted by molar-refractivity contribution is 8.18. The van der Waals surface area contributed by atoms with Gasteiger partial charge >= 0.3 is 0 Å². The number of hydrogen-bond donors (Lipinski definition) is 2. The highest BCUT2D eigenvalue weighted by Gasteiger charge is 2.42. The zero-order chi connectivity index (χ0) is 22.1. The number of hydrogen-bond acceptors (Lipinski definition) is 7. The van der Waals surface area contributed by atoms with Gasteiger partial charge in [0.15, 0.2) is 0 Å². The van der Waals surface area contributed by atoms with Crippen molar-refractivity contribution in [1.82, 2.24) is 0 Å². The molecule has 174 valence electrons. The van der Waals surface area contributed by atoms with Crippen molar-refractivity contribution in [2.45, 2.75) is 54.7 Å². The molecule has 5 nitrogen and oxygen atoms in total. The summed E-state index contributed by atoms with van der Waals surface area (Å²) in [5.41, 5.74) is 5.01. The molecular weight excluding hydrogens is 442 g/mol. The zero-order valence-electron chi connectivity index (χ0n) is 18.4. The molecular formula is C25H33NO4S2. The predicted octanol–water partition coefficient (Wildman–Crippen LogP) is 5.11. The van der Waals surface area contributed by atoms with E-state index in [1.165, 1.54) is 17.9 Å². The topological polar surface area (TPSA) is 60.0 Å². The first-order valence-electron chi connectivity index (χ1n) is 11.4. The molecule has 0 amide bonds. The summed E-state index contributed by atoms with van der Waals surface area (Å²) in [4.78, 5) is 5.89. The Bertz CT molecular complexity index is 789. The second-order valence-corrected chi connectivity index (χ2v) is 11.5. The lowest BCUT2D eigenvalue weighted by molar-refractivity contribution is -0.120. The molecule has 2 fully saturated rings. The number of anilines is 1. The van der Waals surface area contributed by atoms with Crippen LogP contribution in [0.15, 0.2) is 60.7 Å². The summed E-state index contributed by atoms with van der Waals surface area (Å²) in [7, 11) is 0. The van der Waals surface area contributed by atoms with Crippen molar-refractivity contribution in [3.63, 3.8) is 0 Å². The van der Waals surface area contributed by atoms with Gasteiger partial charge in [-0.1, -0.05) is 48.5 Å². The smallest absolute Gasteiger partial charge is 0.134 e. The van der Waals surface area contributed by atoms with E-state index >= 15 is 0 Å². The molecule has 32 heavy (non-hydrogen) atoms. The van der Waals surface area contributed by atoms with E-state index in [9.17, 15) is 5.11 Å². The first-order valence-corrected chi connectivity index (χ1v) is 13.4. The molecule has 2 N–H and O–H groups in total. The zero-order valence-corrected chi connectivity index (χ0v) is 20.0. The van der Waals surface area contributed by atoms with Crippen LogP contribution in [-0.2, 0) is 20.9 Å². The van der Waals surface area contributed by atoms with Crippen LogP contribution in [0.2, 0.25) is 0 Å². The average Bonchev–Trinajstić information content (AvgIpc) is 3.01. The van der Waals surface area contributed by atoms with Crippen molar-refractivity contribution in [3.8, 4) is 0 Å². The Kier molecular flexibility index (Phi) is 9.20. The highest BCUT2D eigenvalue weighted by Crippen LogP contribution is 2.51. The molecule has 7 heteroatoms. The van der Waals surface area contributed by atoms with Gasteiger partial charge in [0.1, 0.15) is 6.10 Å². The molecule has 2 aliphatic rings. The second-order valence-electron chi connectivity index (χ2n) is 8.31. The minimum Gasteiger partial charge on any atom is -0.393 e. The van der Waals surface area contributed by atoms with E-state index in [1.807, 2.05) is 48.5 Å². The normalized spacial score (nSPS) is 24.0. The standard InChI is InChI=1S/C25H33NO4S2/c27-17-24(30-26-21-10-5-2-6-11-21)23-12-13-25(31-14-7-15-32-25)16-22(29-23)19-28-18-20-8-3-1-4-9-20/h1-6,8-11,22-24,26-27H,7,12-19H2/t22-,23-,24-/m0/s1. The van der Waals surface area contributed by atoms with E-state index in [2.05, 4.69) is 41.1 Å². The summed E-state index contributed by atoms with van der Waals surface area (Å²) < 4.78 is 12.8. The summed E-state index contributed by atoms with van der Waals surface area (Å²) >= 11 is 4.15. The van der Waals surface area contributed by atoms with E-state index in [0.717, 1.165) is 30.5 Å². The van der Waals surface area contributed by atoms with Gasteiger partial charge in [-0.15, -0.1) is 23.5 Å². The molecule has 0 saturated carbocycles. The SMILES string of the molecule is OC[C@H](ONc1ccccc1)[C@@H]1CCC2(C[C@@H](COCc3ccccc3)O1)SCCCS2. The van der Waals surface area contributed by atoms with Crippen molar-refractivity contribution < 1.29 is 19.4 Å². The van der Waals surface area contributed by atoms with Gasteiger partial charge in [0.05, 0.1) is 41.8 Å². The Morgan fingerprint density at radius 1 is 1.06 bits per heavy atom. The molecule has 2 saturated heterocycles. The molecule has 2 aromatic rings. The van der Waals surface area contributed by atoms with Gasteiger partial charge in [-0.2, -0.15) is 0 Å². The maximum Gasteiger partial charge on any atom is 0.134 e. The van der Waals surface area contributed by atoms with Gasteiger partial charge in [0.2, 0.25) is 0 Å². The monoisotopic (exact) mass is 475 g/mol. The van der Waals surface area contributed by atoms with Gasteiger partial charge in [-0.05, 0) is 54.9 Å². The maximum atomic E-state index is 10.1. The molecule has 2 aromatic carbocycles. The molecule has 2 aliphatic heterocycles. The number of nitrogens with one attached hydrogen (secondary N) is 1. The third-order valence-corrected chi connectivity index (χ3v) is 9.33. The van der Waals surface area contributed by atoms with Crippen molar-refractivity contribution >= 4 is 29.2 Å². The van der Waals surface area contributed by atoms with Crippen LogP contribution in [0.4, 0.5) is 5.69 Å². The summed E-state index contributed by atoms with van der Waals surface area (Å²) in [6, 6.07) is 20.0. The van der Waals surface area contributed by atoms with E-state index < -0.39 is 6.10 Å². The number of rotatable bonds is 9. The Morgan fingerprint density at radius 3 is 2.50 bits per heavy atom. The Labute approximate surface area is 199 Å². The summed E-state index contributed by atoms with van der Waals surface area (Å²) in [6.45, 7) is 1.02. The third kappa shape index (κ3) is 6.89. The van der Waals surface area contributed by atoms with Crippen LogP contribution in [0, 0.1) is 0 Å². The maximum absolute atomic E-state index is 10.1. The molecule has 0 aliphatic carbocycles. The second kappa shape index (κ2) is 12.3. The minimum absolute atomic E-state index is 0.0290. The highest BCUT2D eigenvalue weighted by atomic mass is 32.2. The number of ether oxygens (including phenoxy) is 2. The summed E-state index contributed by atoms with van der Waals surface area (Å²) in [5, 5.41) is 10.1. The number of aliphatic hydroxyl groups is 1. The number of benzene rings is 2. The fraction of sp³-hybridized carbons (Fsp3) is 0.520. The van der Waals surface area contributed by atoms with Crippen LogP contribution < -0.4 is 5.48 Å². The number of aliphatic hydroxyl groups excluding tert-OH is 1. The third-order valence-electron chi connectivity index (χ3n) is 5.85. The van der Waals surface area contributed by atoms with Gasteiger partial charge in [0, 0.05) is 0 Å². The summed E-state index contributed by atoms with van der Waals surface area (Å²) in [5.74, 6) is 2.40. The van der Waals surface area contributed by atoms with Crippen LogP contribution in [0.25, 0.3) is 0 Å². The van der Waals surface area contributed by atoms with E-state index in [1.54, 1.807) is 0 Å². The Balaban J connectivity index is 1.39. The van der Waals surface area contributed by atoms with Gasteiger partial charge in [-0.25, -0.2) is 0 Å². The molecule has 1 spiro atoms. The molecule has 0 bridgehead atoms. The largest absolute Gasteiger partial charge is 0.393 e. The molecule has 0 radical (unpaired) electrons. The van der Waals surface area contributed by atoms with E-state index in [4.69, 9.17) is 14.3 Å². The fourth-order valence-electron chi connectivity index (χ4n) is 4.19. The Hall–Kier alpha value is -1.22. The molecule has 2 heterocycles. The predicted molar refractivity (Wildman–Crippen MR) is 133 cm³/mol. The van der Waals surface area contributed by atoms with Crippen molar-refractivity contribution in [2.24, 2.45) is 0 Å². The quantitative estimate of drug-likeness (QED) is 0.489. The first kappa shape index (κ1) is 23.9. The summed E-state index contributed by atoms with van der Waals surface area (Å²) in [6.07, 6.45) is 3.46. The van der Waals surface area contributed by atoms with Gasteiger partial charge in [0.25, 0.3) is 0 Å². The molecule has 0 unspecified atom stereocenters. The lowest BCUT2D eigenvalue weighted by Crippen LogP contribution is -2.39. The van der Waals surface area contributed by atoms with Crippen LogP contribution in [0.1, 0.15) is 31.2 Å². The molecule has 3 atom stereocenters. The molecule has 4 rings (SSSR count). The first-order chi connectivity index (χ1) is 15.8. The van der Waals surface area contributed by atoms with E-state index in [-0.39, 0.29) is 22.9 Å². The lowest BCUT2D eigenvalue weighted by Gasteiger charge is -2.36. The van der Waals surface area contributed by atoms with E-state index in [0.29, 0.717) is 13.2 Å². The van der Waals surface area contributed by atoms with Gasteiger partial charge < -0.3 is 14.6 Å². The van der Waals surface area contributed by atoms with Crippen LogP contribution in [0.3, 0.4) is 0 Å². The van der Waals surface area contributed by atoms with Crippen LogP contribution in [-0.4, -0.2) is 52.2 Å². The van der Waals surface area contributed by atoms with Crippen LogP contribution >= 0.6 is 23.5 Å². The number of thioether (sulfide) groups is 2. The van der Waals surface area contributed by atoms with Crippen molar-refractivity contribution in [3.05, 3.63) is 66.2 Å². The van der Waals surface area contributed by atoms with Crippen molar-refractivity contribution in [1.29, 1.82) is 0 Å². The molecule has 0 aromatic heterocycles. The van der Waals surface area contributed by atoms with Gasteiger partial charge in [-0.3, -0.25) is 10.3 Å².